The van der Waals surface area contributed by atoms with Crippen molar-refractivity contribution in [3.05, 3.63) is 60.2 Å². The summed E-state index contributed by atoms with van der Waals surface area (Å²) in [5.41, 5.74) is 1.46. The maximum atomic E-state index is 13.2. The van der Waals surface area contributed by atoms with Crippen LogP contribution in [-0.2, 0) is 19.4 Å². The lowest BCUT2D eigenvalue weighted by Crippen LogP contribution is -2.39. The van der Waals surface area contributed by atoms with Crippen LogP contribution in [0, 0.1) is 5.92 Å². The molecule has 164 valence electrons. The first kappa shape index (κ1) is 21.4. The Morgan fingerprint density at radius 2 is 1.84 bits per heavy atom. The molecule has 31 heavy (non-hydrogen) atoms. The SMILES string of the molecule is COc1cccc(N2C[C@H](C(=O)N3CC[C@H](c4ccccc4)S(=O)(=O)CC3)CC2=O)c1. The third kappa shape index (κ3) is 4.44. The van der Waals surface area contributed by atoms with Crippen molar-refractivity contribution < 1.29 is 22.7 Å². The Kier molecular flexibility index (Phi) is 6.00. The number of carbonyl (C=O) groups is 2. The Labute approximate surface area is 182 Å². The molecule has 0 N–H and O–H groups in total. The number of ether oxygens (including phenoxy) is 1. The van der Waals surface area contributed by atoms with Gasteiger partial charge in [0.2, 0.25) is 11.8 Å². The quantitative estimate of drug-likeness (QED) is 0.726. The van der Waals surface area contributed by atoms with Crippen molar-refractivity contribution in [1.82, 2.24) is 4.90 Å². The molecule has 0 spiro atoms. The van der Waals surface area contributed by atoms with Crippen LogP contribution in [0.3, 0.4) is 0 Å². The van der Waals surface area contributed by atoms with Gasteiger partial charge in [-0.2, -0.15) is 0 Å². The lowest BCUT2D eigenvalue weighted by molar-refractivity contribution is -0.135. The van der Waals surface area contributed by atoms with E-state index in [0.717, 1.165) is 5.56 Å². The van der Waals surface area contributed by atoms with Gasteiger partial charge in [0.25, 0.3) is 0 Å². The lowest BCUT2D eigenvalue weighted by atomic mass is 10.1. The maximum Gasteiger partial charge on any atom is 0.228 e. The topological polar surface area (TPSA) is 84.0 Å². The molecular formula is C23H26N2O5S. The zero-order chi connectivity index (χ0) is 22.0. The maximum absolute atomic E-state index is 13.2. The molecule has 0 aromatic heterocycles. The number of hydrogen-bond acceptors (Lipinski definition) is 5. The van der Waals surface area contributed by atoms with E-state index in [-0.39, 0.29) is 37.1 Å². The van der Waals surface area contributed by atoms with Crippen molar-refractivity contribution >= 4 is 27.3 Å². The smallest absolute Gasteiger partial charge is 0.228 e. The van der Waals surface area contributed by atoms with Crippen molar-refractivity contribution in [1.29, 1.82) is 0 Å². The molecule has 0 aliphatic carbocycles. The van der Waals surface area contributed by atoms with E-state index in [2.05, 4.69) is 0 Å². The first-order valence-electron chi connectivity index (χ1n) is 10.4. The summed E-state index contributed by atoms with van der Waals surface area (Å²) in [4.78, 5) is 29.0. The second-order valence-electron chi connectivity index (χ2n) is 7.99. The van der Waals surface area contributed by atoms with Crippen LogP contribution in [0.25, 0.3) is 0 Å². The van der Waals surface area contributed by atoms with Gasteiger partial charge in [0.05, 0.1) is 24.0 Å². The van der Waals surface area contributed by atoms with E-state index in [0.29, 0.717) is 24.4 Å². The first-order chi connectivity index (χ1) is 14.9. The highest BCUT2D eigenvalue weighted by Gasteiger charge is 2.39. The monoisotopic (exact) mass is 442 g/mol. The molecule has 2 aromatic rings. The van der Waals surface area contributed by atoms with Gasteiger partial charge in [-0.25, -0.2) is 8.42 Å². The Balaban J connectivity index is 1.47. The van der Waals surface area contributed by atoms with Crippen LogP contribution in [0.15, 0.2) is 54.6 Å². The molecule has 2 aromatic carbocycles. The van der Waals surface area contributed by atoms with Crippen molar-refractivity contribution in [2.75, 3.05) is 37.4 Å². The Hall–Kier alpha value is -2.87. The number of rotatable bonds is 4. The largest absolute Gasteiger partial charge is 0.497 e. The van der Waals surface area contributed by atoms with Gasteiger partial charge in [0, 0.05) is 37.8 Å². The van der Waals surface area contributed by atoms with Crippen LogP contribution in [0.2, 0.25) is 0 Å². The summed E-state index contributed by atoms with van der Waals surface area (Å²) >= 11 is 0. The van der Waals surface area contributed by atoms with Gasteiger partial charge >= 0.3 is 0 Å². The predicted octanol–water partition coefficient (Wildman–Crippen LogP) is 2.44. The average molecular weight is 443 g/mol. The molecule has 8 heteroatoms. The third-order valence-corrected chi connectivity index (χ3v) is 8.19. The van der Waals surface area contributed by atoms with E-state index < -0.39 is 21.0 Å². The van der Waals surface area contributed by atoms with Crippen molar-refractivity contribution in [2.24, 2.45) is 5.92 Å². The predicted molar refractivity (Wildman–Crippen MR) is 118 cm³/mol. The van der Waals surface area contributed by atoms with Gasteiger partial charge < -0.3 is 14.5 Å². The van der Waals surface area contributed by atoms with Gasteiger partial charge in [-0.05, 0) is 24.1 Å². The van der Waals surface area contributed by atoms with Gasteiger partial charge in [0.1, 0.15) is 5.75 Å². The molecule has 2 aliphatic heterocycles. The van der Waals surface area contributed by atoms with Crippen LogP contribution in [-0.4, -0.2) is 57.6 Å². The summed E-state index contributed by atoms with van der Waals surface area (Å²) in [6.07, 6.45) is 0.486. The Bertz CT molecular complexity index is 1070. The molecular weight excluding hydrogens is 416 g/mol. The number of hydrogen-bond donors (Lipinski definition) is 0. The van der Waals surface area contributed by atoms with E-state index in [1.807, 2.05) is 36.4 Å². The standard InChI is InChI=1S/C23H26N2O5S/c1-30-20-9-5-8-19(15-20)25-16-18(14-22(25)26)23(27)24-11-10-21(31(28,29)13-12-24)17-6-3-2-4-7-17/h2-9,15,18,21H,10-14,16H2,1H3/t18-,21-/m1/s1. The molecule has 0 saturated carbocycles. The second-order valence-corrected chi connectivity index (χ2v) is 10.3. The highest BCUT2D eigenvalue weighted by Crippen LogP contribution is 2.32. The number of methoxy groups -OCH3 is 1. The van der Waals surface area contributed by atoms with E-state index in [1.54, 1.807) is 35.1 Å². The van der Waals surface area contributed by atoms with Gasteiger partial charge in [-0.15, -0.1) is 0 Å². The number of nitrogens with zero attached hydrogens (tertiary/aromatic N) is 2. The molecule has 7 nitrogen and oxygen atoms in total. The fourth-order valence-electron chi connectivity index (χ4n) is 4.37. The van der Waals surface area contributed by atoms with E-state index in [4.69, 9.17) is 4.74 Å². The molecule has 0 unspecified atom stereocenters. The Morgan fingerprint density at radius 3 is 2.58 bits per heavy atom. The van der Waals surface area contributed by atoms with Gasteiger partial charge in [0.15, 0.2) is 9.84 Å². The minimum atomic E-state index is -3.36. The van der Waals surface area contributed by atoms with E-state index >= 15 is 0 Å². The number of anilines is 1. The summed E-state index contributed by atoms with van der Waals surface area (Å²) in [7, 11) is -1.80. The summed E-state index contributed by atoms with van der Waals surface area (Å²) in [6.45, 7) is 0.812. The molecule has 4 rings (SSSR count). The van der Waals surface area contributed by atoms with Crippen LogP contribution in [0.1, 0.15) is 23.7 Å². The zero-order valence-electron chi connectivity index (χ0n) is 17.4. The molecule has 2 atom stereocenters. The second kappa shape index (κ2) is 8.70. The van der Waals surface area contributed by atoms with Crippen LogP contribution >= 0.6 is 0 Å². The van der Waals surface area contributed by atoms with E-state index in [1.165, 1.54) is 0 Å². The van der Waals surface area contributed by atoms with Crippen molar-refractivity contribution in [2.45, 2.75) is 18.1 Å². The average Bonchev–Trinajstić information content (AvgIpc) is 3.09. The molecule has 0 radical (unpaired) electrons. The fraction of sp³-hybridized carbons (Fsp3) is 0.391. The summed E-state index contributed by atoms with van der Waals surface area (Å²) in [5, 5.41) is -0.606. The normalized spacial score (nSPS) is 23.5. The lowest BCUT2D eigenvalue weighted by Gasteiger charge is -2.24. The molecule has 0 bridgehead atoms. The third-order valence-electron chi connectivity index (χ3n) is 6.06. The first-order valence-corrected chi connectivity index (χ1v) is 12.1. The van der Waals surface area contributed by atoms with Crippen molar-refractivity contribution in [3.63, 3.8) is 0 Å². The molecule has 2 amide bonds. The number of amides is 2. The van der Waals surface area contributed by atoms with Crippen LogP contribution in [0.4, 0.5) is 5.69 Å². The Morgan fingerprint density at radius 1 is 1.06 bits per heavy atom. The summed E-state index contributed by atoms with van der Waals surface area (Å²) in [6, 6.07) is 16.3. The van der Waals surface area contributed by atoms with Crippen LogP contribution < -0.4 is 9.64 Å². The molecule has 2 heterocycles. The minimum absolute atomic E-state index is 0.0709. The molecule has 2 fully saturated rings. The van der Waals surface area contributed by atoms with Gasteiger partial charge in [-0.1, -0.05) is 36.4 Å². The van der Waals surface area contributed by atoms with Gasteiger partial charge in [-0.3, -0.25) is 9.59 Å². The fourth-order valence-corrected chi connectivity index (χ4v) is 6.16. The summed E-state index contributed by atoms with van der Waals surface area (Å²) < 4.78 is 30.9. The summed E-state index contributed by atoms with van der Waals surface area (Å²) in [5.74, 6) is -0.170. The minimum Gasteiger partial charge on any atom is -0.497 e. The highest BCUT2D eigenvalue weighted by atomic mass is 32.2. The zero-order valence-corrected chi connectivity index (χ0v) is 18.3. The van der Waals surface area contributed by atoms with E-state index in [9.17, 15) is 18.0 Å². The number of benzene rings is 2. The molecule has 2 saturated heterocycles. The number of carbonyl (C=O) groups excluding carboxylic acids is 2. The van der Waals surface area contributed by atoms with Crippen molar-refractivity contribution in [3.8, 4) is 5.75 Å². The van der Waals surface area contributed by atoms with Crippen LogP contribution in [0.5, 0.6) is 5.75 Å². The number of sulfone groups is 1. The highest BCUT2D eigenvalue weighted by molar-refractivity contribution is 7.91. The molecule has 2 aliphatic rings.